The Hall–Kier alpha value is -13.3. The van der Waals surface area contributed by atoms with E-state index in [0.29, 0.717) is 78.3 Å². The second-order valence-corrected chi connectivity index (χ2v) is 23.5. The van der Waals surface area contributed by atoms with Crippen molar-refractivity contribution in [3.63, 3.8) is 0 Å². The van der Waals surface area contributed by atoms with E-state index >= 15 is 0 Å². The third kappa shape index (κ3) is 17.1. The number of hydrogen-bond acceptors (Lipinski definition) is 21. The second kappa shape index (κ2) is 33.0. The van der Waals surface area contributed by atoms with Crippen LogP contribution in [0.3, 0.4) is 0 Å². The van der Waals surface area contributed by atoms with Crippen molar-refractivity contribution in [3.8, 4) is 11.5 Å². The van der Waals surface area contributed by atoms with Gasteiger partial charge in [0.15, 0.2) is 13.2 Å². The zero-order chi connectivity index (χ0) is 73.4. The van der Waals surface area contributed by atoms with Gasteiger partial charge < -0.3 is 58.4 Å². The molecule has 8 aromatic rings. The molecule has 6 aromatic carbocycles. The largest absolute Gasteiger partial charge is 0.483 e. The first-order valence-electron chi connectivity index (χ1n) is 32.4. The molecule has 31 nitrogen and oxygen atoms in total. The number of carbonyl (C=O) groups excluding carboxylic acids is 13. The highest BCUT2D eigenvalue weighted by Crippen LogP contribution is 2.36. The molecule has 103 heavy (non-hydrogen) atoms. The van der Waals surface area contributed by atoms with Crippen molar-refractivity contribution in [1.82, 2.24) is 46.4 Å². The van der Waals surface area contributed by atoms with Crippen LogP contribution in [-0.4, -0.2) is 159 Å². The molecule has 6 heterocycles. The van der Waals surface area contributed by atoms with Gasteiger partial charge in [0.2, 0.25) is 23.6 Å². The number of piperidine rings is 2. The lowest BCUT2D eigenvalue weighted by molar-refractivity contribution is -0.139. The predicted molar refractivity (Wildman–Crippen MR) is 370 cm³/mol. The molecule has 4 aliphatic heterocycles. The molecule has 2 aromatic heterocycles. The van der Waals surface area contributed by atoms with Crippen LogP contribution >= 0.6 is 0 Å². The quantitative estimate of drug-likeness (QED) is 0.0281. The first kappa shape index (κ1) is 72.4. The number of ether oxygens (including phenoxy) is 2. The van der Waals surface area contributed by atoms with Gasteiger partial charge in [0.05, 0.1) is 55.8 Å². The average Bonchev–Trinajstić information content (AvgIpc) is 1.63. The number of nitrogens with two attached hydrogens (primary N) is 3. The Morgan fingerprint density at radius 2 is 0.903 bits per heavy atom. The van der Waals surface area contributed by atoms with Gasteiger partial charge >= 0.3 is 5.97 Å². The van der Waals surface area contributed by atoms with Gasteiger partial charge in [-0.2, -0.15) is 0 Å². The third-order valence-electron chi connectivity index (χ3n) is 16.6. The molecule has 0 spiro atoms. The summed E-state index contributed by atoms with van der Waals surface area (Å²) < 4.78 is 10.6. The fourth-order valence-electron chi connectivity index (χ4n) is 11.5. The summed E-state index contributed by atoms with van der Waals surface area (Å²) in [5.74, 6) is -8.45. The lowest BCUT2D eigenvalue weighted by Gasteiger charge is -2.27. The number of anilines is 4. The van der Waals surface area contributed by atoms with Gasteiger partial charge in [-0.05, 0) is 130 Å². The number of unbranched alkanes of at least 4 members (excludes halogenated alkanes) is 2. The summed E-state index contributed by atoms with van der Waals surface area (Å²) in [6.45, 7) is 0.804. The van der Waals surface area contributed by atoms with E-state index in [0.717, 1.165) is 44.6 Å². The molecule has 14 N–H and O–H groups in total. The Labute approximate surface area is 585 Å². The van der Waals surface area contributed by atoms with E-state index in [1.54, 1.807) is 48.5 Å². The number of carboxylic acid groups (broad SMARTS) is 1. The van der Waals surface area contributed by atoms with E-state index in [1.165, 1.54) is 48.8 Å². The summed E-state index contributed by atoms with van der Waals surface area (Å²) in [5, 5.41) is 29.3. The number of carbonyl (C=O) groups is 14. The topological polar surface area (TPSA) is 472 Å². The number of benzene rings is 6. The number of nitrogens with zero attached hydrogens (tertiary/aromatic N) is 4. The van der Waals surface area contributed by atoms with Crippen molar-refractivity contribution >= 4 is 127 Å². The summed E-state index contributed by atoms with van der Waals surface area (Å²) in [6, 6.07) is 35.1. The van der Waals surface area contributed by atoms with Gasteiger partial charge in [-0.15, -0.1) is 0 Å². The van der Waals surface area contributed by atoms with Gasteiger partial charge in [0, 0.05) is 78.1 Å². The predicted octanol–water partition coefficient (Wildman–Crippen LogP) is 4.28. The maximum Gasteiger partial charge on any atom is 0.341 e. The van der Waals surface area contributed by atoms with Crippen molar-refractivity contribution in [3.05, 3.63) is 190 Å². The minimum absolute atomic E-state index is 0.0000164. The number of nitrogens with one attached hydrogen (secondary N) is 7. The molecule has 2 saturated heterocycles. The molecule has 31 heteroatoms. The lowest BCUT2D eigenvalue weighted by atomic mass is 10.0. The van der Waals surface area contributed by atoms with Crippen LogP contribution in [0.25, 0.3) is 21.8 Å². The average molecular weight is 1400 g/mol. The smallest absolute Gasteiger partial charge is 0.341 e. The summed E-state index contributed by atoms with van der Waals surface area (Å²) in [6.07, 6.45) is 5.86. The van der Waals surface area contributed by atoms with Crippen LogP contribution in [0.15, 0.2) is 146 Å². The lowest BCUT2D eigenvalue weighted by Crippen LogP contribution is -2.54. The van der Waals surface area contributed by atoms with Gasteiger partial charge in [-0.1, -0.05) is 48.5 Å². The number of fused-ring (bicyclic) bond motifs is 4. The van der Waals surface area contributed by atoms with Crippen LogP contribution in [0, 0.1) is 0 Å². The highest BCUT2D eigenvalue weighted by atomic mass is 16.5. The van der Waals surface area contributed by atoms with Gasteiger partial charge in [0.1, 0.15) is 23.6 Å². The standard InChI is InChI=1S/C36H33N7O8.C21H23N5O2.C15H12N2O7/c37-32(46)24-18-40-25-8-2-1-6-22(25)31(24)41-21-12-10-20(11-13-21)33(47)39-17-4-3-16-38-29(45)19-51-27-9-5-7-23-30(27)36(50)43(35(23)49)26-14-15-28(44)42-34(26)48;22-11-3-4-12-24-21(28)14-7-9-15(10-8-14)26-19-16-5-1-2-6-18(16)25-13-17(19)20(23)27;18-10-5-4-8(13(21)16-10)17-14(22)7-2-1-3-9(12(7)15(17)23)24-6-11(19)20/h1-2,5-13,18,26H,3-4,14-17,19H2,(H2,37,46)(H,38,45)(H,39,47)(H,40,41)(H,42,44,48);1-2,5-10,13H,3-4,11-12,22H2,(H2,23,27)(H,24,28)(H,25,26);1-3,8H,4-6H2,(H,19,20)(H,16,18,21). The first-order chi connectivity index (χ1) is 49.6. The number of aromatic nitrogens is 2. The van der Waals surface area contributed by atoms with E-state index in [9.17, 15) is 67.1 Å². The number of pyridine rings is 2. The van der Waals surface area contributed by atoms with Crippen LogP contribution in [0.2, 0.25) is 0 Å². The van der Waals surface area contributed by atoms with Crippen LogP contribution in [0.4, 0.5) is 22.7 Å². The molecule has 0 radical (unpaired) electrons. The van der Waals surface area contributed by atoms with E-state index in [4.69, 9.17) is 31.8 Å². The van der Waals surface area contributed by atoms with Crippen molar-refractivity contribution in [2.45, 2.75) is 63.5 Å². The molecule has 4 aliphatic rings. The van der Waals surface area contributed by atoms with E-state index in [-0.39, 0.29) is 76.8 Å². The third-order valence-corrected chi connectivity index (χ3v) is 16.6. The van der Waals surface area contributed by atoms with Gasteiger partial charge in [-0.25, -0.2) is 4.79 Å². The molecule has 0 aliphatic carbocycles. The Bertz CT molecular complexity index is 4740. The normalized spacial score (nSPS) is 15.1. The maximum atomic E-state index is 13.2. The molecule has 13 amide bonds. The number of rotatable bonds is 25. The number of primary amides is 2. The monoisotopic (exact) mass is 1400 g/mol. The highest BCUT2D eigenvalue weighted by molar-refractivity contribution is 6.26. The Morgan fingerprint density at radius 1 is 0.495 bits per heavy atom. The second-order valence-electron chi connectivity index (χ2n) is 23.5. The molecular formula is C72H68N14O17. The van der Waals surface area contributed by atoms with E-state index in [1.807, 2.05) is 48.5 Å². The minimum atomic E-state index is -1.23. The van der Waals surface area contributed by atoms with Crippen LogP contribution in [0.1, 0.15) is 134 Å². The van der Waals surface area contributed by atoms with Crippen LogP contribution in [-0.2, 0) is 28.8 Å². The van der Waals surface area contributed by atoms with E-state index in [2.05, 4.69) is 47.2 Å². The molecular weight excluding hydrogens is 1330 g/mol. The molecule has 0 bridgehead atoms. The first-order valence-corrected chi connectivity index (χ1v) is 32.4. The highest BCUT2D eigenvalue weighted by Gasteiger charge is 2.48. The molecule has 12 rings (SSSR count). The summed E-state index contributed by atoms with van der Waals surface area (Å²) >= 11 is 0. The number of para-hydroxylation sites is 2. The molecule has 528 valence electrons. The van der Waals surface area contributed by atoms with E-state index < -0.39 is 96.2 Å². The zero-order valence-corrected chi connectivity index (χ0v) is 54.9. The van der Waals surface area contributed by atoms with Crippen molar-refractivity contribution < 1.29 is 81.7 Å². The van der Waals surface area contributed by atoms with Crippen LogP contribution < -0.4 is 63.9 Å². The zero-order valence-electron chi connectivity index (χ0n) is 54.9. The Kier molecular flexibility index (Phi) is 23.2. The van der Waals surface area contributed by atoms with Gasteiger partial charge in [-0.3, -0.25) is 92.7 Å². The van der Waals surface area contributed by atoms with Crippen LogP contribution in [0.5, 0.6) is 11.5 Å². The maximum absolute atomic E-state index is 13.2. The number of amides is 13. The number of imide groups is 4. The molecule has 0 saturated carbocycles. The summed E-state index contributed by atoms with van der Waals surface area (Å²) in [4.78, 5) is 180. The fourth-order valence-corrected chi connectivity index (χ4v) is 11.5. The van der Waals surface area contributed by atoms with Crippen molar-refractivity contribution in [2.24, 2.45) is 17.2 Å². The van der Waals surface area contributed by atoms with Gasteiger partial charge in [0.25, 0.3) is 53.2 Å². The summed E-state index contributed by atoms with van der Waals surface area (Å²) in [7, 11) is 0. The Morgan fingerprint density at radius 3 is 1.31 bits per heavy atom. The SMILES string of the molecule is NC(=O)c1cnc2ccccc2c1Nc1ccc(C(=O)NCCCCNC(=O)COc2cccc3c2C(=O)N(C2CCC(=O)NC2=O)C3=O)cc1.NCCCCNC(=O)c1ccc(Nc2c(C(N)=O)cnc3ccccc23)cc1.O=C(O)COc1cccc2c1C(=O)N(C1CCC(=O)NC1=O)C2=O. The number of aliphatic carboxylic acids is 1. The molecule has 2 fully saturated rings. The number of carboxylic acids is 1. The minimum Gasteiger partial charge on any atom is -0.483 e. The van der Waals surface area contributed by atoms with Crippen molar-refractivity contribution in [2.75, 3.05) is 50.0 Å². The molecule has 2 atom stereocenters. The summed E-state index contributed by atoms with van der Waals surface area (Å²) in [5.41, 5.74) is 22.0. The Balaban J connectivity index is 0.000000184. The van der Waals surface area contributed by atoms with Crippen molar-refractivity contribution in [1.29, 1.82) is 0 Å². The fraction of sp³-hybridized carbons (Fsp3) is 0.222. The molecule has 2 unspecified atom stereocenters. The number of hydrogen-bond donors (Lipinski definition) is 11.